The summed E-state index contributed by atoms with van der Waals surface area (Å²) >= 11 is 0. The lowest BCUT2D eigenvalue weighted by atomic mass is 10.1. The number of rotatable bonds is 5. The molecule has 0 atom stereocenters. The predicted molar refractivity (Wildman–Crippen MR) is 104 cm³/mol. The van der Waals surface area contributed by atoms with E-state index in [4.69, 9.17) is 0 Å². The van der Waals surface area contributed by atoms with Gasteiger partial charge in [0, 0.05) is 17.9 Å². The average molecular weight is 346 g/mol. The zero-order chi connectivity index (χ0) is 18.5. The van der Waals surface area contributed by atoms with Crippen molar-refractivity contribution in [2.24, 2.45) is 0 Å². The van der Waals surface area contributed by atoms with Crippen molar-refractivity contribution in [3.8, 4) is 0 Å². The lowest BCUT2D eigenvalue weighted by Gasteiger charge is -2.11. The van der Waals surface area contributed by atoms with Gasteiger partial charge in [0.25, 0.3) is 5.91 Å². The zero-order valence-corrected chi connectivity index (χ0v) is 15.2. The smallest absolute Gasteiger partial charge is 0.270 e. The van der Waals surface area contributed by atoms with Gasteiger partial charge in [-0.2, -0.15) is 0 Å². The number of anilines is 2. The Morgan fingerprint density at radius 3 is 2.50 bits per heavy atom. The summed E-state index contributed by atoms with van der Waals surface area (Å²) in [5, 5.41) is 6.12. The standard InChI is InChI=1S/C21H22N4O/c1-14-9-10-15(2)18(11-14)24-21-23-16(3)12-19(25-21)20(26)22-13-17-7-5-4-6-8-17/h4-12H,13H2,1-3H3,(H,22,26)(H,23,24,25). The number of aryl methyl sites for hydroxylation is 3. The molecule has 0 unspecified atom stereocenters. The number of aromatic nitrogens is 2. The molecule has 0 saturated heterocycles. The van der Waals surface area contributed by atoms with Crippen LogP contribution < -0.4 is 10.6 Å². The van der Waals surface area contributed by atoms with E-state index in [1.54, 1.807) is 6.07 Å². The molecule has 2 N–H and O–H groups in total. The van der Waals surface area contributed by atoms with Crippen molar-refractivity contribution >= 4 is 17.5 Å². The van der Waals surface area contributed by atoms with Crippen molar-refractivity contribution in [2.45, 2.75) is 27.3 Å². The Hall–Kier alpha value is -3.21. The van der Waals surface area contributed by atoms with Crippen LogP contribution in [0.2, 0.25) is 0 Å². The molecule has 2 aromatic carbocycles. The van der Waals surface area contributed by atoms with Crippen LogP contribution in [-0.2, 0) is 6.54 Å². The molecule has 26 heavy (non-hydrogen) atoms. The largest absolute Gasteiger partial charge is 0.347 e. The molecule has 0 radical (unpaired) electrons. The highest BCUT2D eigenvalue weighted by molar-refractivity contribution is 5.92. The van der Waals surface area contributed by atoms with Gasteiger partial charge in [0.1, 0.15) is 5.69 Å². The number of carbonyl (C=O) groups excluding carboxylic acids is 1. The second-order valence-electron chi connectivity index (χ2n) is 6.33. The maximum atomic E-state index is 12.5. The summed E-state index contributed by atoms with van der Waals surface area (Å²) in [5.74, 6) is 0.201. The van der Waals surface area contributed by atoms with Gasteiger partial charge in [0.05, 0.1) is 0 Å². The summed E-state index contributed by atoms with van der Waals surface area (Å²) in [6, 6.07) is 17.6. The molecule has 1 amide bonds. The third kappa shape index (κ3) is 4.45. The van der Waals surface area contributed by atoms with E-state index in [2.05, 4.69) is 26.7 Å². The molecule has 0 fully saturated rings. The number of hydrogen-bond donors (Lipinski definition) is 2. The quantitative estimate of drug-likeness (QED) is 0.731. The third-order valence-electron chi connectivity index (χ3n) is 4.02. The van der Waals surface area contributed by atoms with Gasteiger partial charge in [-0.1, -0.05) is 42.5 Å². The number of hydrogen-bond acceptors (Lipinski definition) is 4. The van der Waals surface area contributed by atoms with E-state index < -0.39 is 0 Å². The van der Waals surface area contributed by atoms with Gasteiger partial charge < -0.3 is 10.6 Å². The summed E-state index contributed by atoms with van der Waals surface area (Å²) in [5.41, 5.74) is 5.30. The summed E-state index contributed by atoms with van der Waals surface area (Å²) < 4.78 is 0. The van der Waals surface area contributed by atoms with Gasteiger partial charge in [-0.15, -0.1) is 0 Å². The van der Waals surface area contributed by atoms with Gasteiger partial charge in [-0.25, -0.2) is 9.97 Å². The molecule has 0 saturated carbocycles. The van der Waals surface area contributed by atoms with Crippen LogP contribution >= 0.6 is 0 Å². The monoisotopic (exact) mass is 346 g/mol. The maximum absolute atomic E-state index is 12.5. The van der Waals surface area contributed by atoms with Crippen molar-refractivity contribution < 1.29 is 4.79 Å². The zero-order valence-electron chi connectivity index (χ0n) is 15.2. The summed E-state index contributed by atoms with van der Waals surface area (Å²) in [4.78, 5) is 21.2. The van der Waals surface area contributed by atoms with E-state index in [1.807, 2.05) is 63.2 Å². The summed E-state index contributed by atoms with van der Waals surface area (Å²) in [7, 11) is 0. The minimum absolute atomic E-state index is 0.219. The Kier molecular flexibility index (Phi) is 5.27. The number of nitrogens with one attached hydrogen (secondary N) is 2. The van der Waals surface area contributed by atoms with Crippen LogP contribution in [0.15, 0.2) is 54.6 Å². The number of carbonyl (C=O) groups is 1. The van der Waals surface area contributed by atoms with Crippen molar-refractivity contribution in [1.82, 2.24) is 15.3 Å². The topological polar surface area (TPSA) is 66.9 Å². The first-order chi connectivity index (χ1) is 12.5. The Bertz CT molecular complexity index is 923. The van der Waals surface area contributed by atoms with Crippen LogP contribution in [0.4, 0.5) is 11.6 Å². The molecule has 0 spiro atoms. The van der Waals surface area contributed by atoms with E-state index in [-0.39, 0.29) is 5.91 Å². The summed E-state index contributed by atoms with van der Waals surface area (Å²) in [6.45, 7) is 6.36. The maximum Gasteiger partial charge on any atom is 0.270 e. The Labute approximate surface area is 153 Å². The minimum Gasteiger partial charge on any atom is -0.347 e. The van der Waals surface area contributed by atoms with E-state index in [1.165, 1.54) is 0 Å². The Balaban J connectivity index is 1.76. The van der Waals surface area contributed by atoms with Gasteiger partial charge in [0.2, 0.25) is 5.95 Å². The average Bonchev–Trinajstić information content (AvgIpc) is 2.63. The van der Waals surface area contributed by atoms with E-state index in [0.29, 0.717) is 18.2 Å². The molecule has 0 bridgehead atoms. The van der Waals surface area contributed by atoms with Crippen LogP contribution in [0.25, 0.3) is 0 Å². The van der Waals surface area contributed by atoms with Gasteiger partial charge in [0.15, 0.2) is 0 Å². The fraction of sp³-hybridized carbons (Fsp3) is 0.190. The second kappa shape index (κ2) is 7.78. The normalized spacial score (nSPS) is 10.4. The van der Waals surface area contributed by atoms with Crippen molar-refractivity contribution in [3.63, 3.8) is 0 Å². The highest BCUT2D eigenvalue weighted by atomic mass is 16.1. The fourth-order valence-corrected chi connectivity index (χ4v) is 2.60. The highest BCUT2D eigenvalue weighted by Gasteiger charge is 2.11. The van der Waals surface area contributed by atoms with E-state index in [9.17, 15) is 4.79 Å². The van der Waals surface area contributed by atoms with Crippen LogP contribution in [0, 0.1) is 20.8 Å². The first-order valence-electron chi connectivity index (χ1n) is 8.53. The number of benzene rings is 2. The van der Waals surface area contributed by atoms with Gasteiger partial charge >= 0.3 is 0 Å². The van der Waals surface area contributed by atoms with E-state index in [0.717, 1.165) is 28.1 Å². The van der Waals surface area contributed by atoms with Crippen molar-refractivity contribution in [2.75, 3.05) is 5.32 Å². The Morgan fingerprint density at radius 1 is 0.962 bits per heavy atom. The molecule has 1 aromatic heterocycles. The molecular formula is C21H22N4O. The van der Waals surface area contributed by atoms with Crippen LogP contribution in [0.1, 0.15) is 32.9 Å². The molecular weight excluding hydrogens is 324 g/mol. The van der Waals surface area contributed by atoms with Crippen molar-refractivity contribution in [3.05, 3.63) is 82.7 Å². The predicted octanol–water partition coefficient (Wildman–Crippen LogP) is 4.08. The first kappa shape index (κ1) is 17.6. The number of nitrogens with zero attached hydrogens (tertiary/aromatic N) is 2. The van der Waals surface area contributed by atoms with Crippen LogP contribution in [0.5, 0.6) is 0 Å². The van der Waals surface area contributed by atoms with Gasteiger partial charge in [-0.3, -0.25) is 4.79 Å². The Morgan fingerprint density at radius 2 is 1.73 bits per heavy atom. The molecule has 3 rings (SSSR count). The molecule has 0 aliphatic rings. The minimum atomic E-state index is -0.219. The second-order valence-corrected chi connectivity index (χ2v) is 6.33. The molecule has 0 aliphatic heterocycles. The molecule has 3 aromatic rings. The molecule has 1 heterocycles. The SMILES string of the molecule is Cc1ccc(C)c(Nc2nc(C)cc(C(=O)NCc3ccccc3)n2)c1. The van der Waals surface area contributed by atoms with Crippen molar-refractivity contribution in [1.29, 1.82) is 0 Å². The first-order valence-corrected chi connectivity index (χ1v) is 8.53. The molecule has 0 aliphatic carbocycles. The molecule has 5 heteroatoms. The highest BCUT2D eigenvalue weighted by Crippen LogP contribution is 2.20. The lowest BCUT2D eigenvalue weighted by molar-refractivity contribution is 0.0945. The van der Waals surface area contributed by atoms with Crippen LogP contribution in [0.3, 0.4) is 0 Å². The molecule has 5 nitrogen and oxygen atoms in total. The van der Waals surface area contributed by atoms with Gasteiger partial charge in [-0.05, 0) is 49.6 Å². The van der Waals surface area contributed by atoms with Crippen LogP contribution in [-0.4, -0.2) is 15.9 Å². The third-order valence-corrected chi connectivity index (χ3v) is 4.02. The number of amides is 1. The lowest BCUT2D eigenvalue weighted by Crippen LogP contribution is -2.24. The summed E-state index contributed by atoms with van der Waals surface area (Å²) in [6.07, 6.45) is 0. The fourth-order valence-electron chi connectivity index (χ4n) is 2.60. The molecule has 132 valence electrons. The van der Waals surface area contributed by atoms with E-state index >= 15 is 0 Å².